The summed E-state index contributed by atoms with van der Waals surface area (Å²) in [5.74, 6) is -0.994. The van der Waals surface area contributed by atoms with Crippen LogP contribution < -0.4 is 14.4 Å². The van der Waals surface area contributed by atoms with Crippen LogP contribution in [0, 0.1) is 0 Å². The molecule has 0 bridgehead atoms. The van der Waals surface area contributed by atoms with E-state index in [4.69, 9.17) is 9.84 Å². The van der Waals surface area contributed by atoms with Crippen molar-refractivity contribution in [3.05, 3.63) is 53.6 Å². The van der Waals surface area contributed by atoms with Crippen LogP contribution in [0.5, 0.6) is 11.5 Å². The average Bonchev–Trinajstić information content (AvgIpc) is 2.62. The minimum atomic E-state index is -4.82. The number of aliphatic hydroxyl groups is 1. The number of benzene rings is 2. The molecule has 1 heterocycles. The summed E-state index contributed by atoms with van der Waals surface area (Å²) in [5, 5.41) is 9.00. The van der Waals surface area contributed by atoms with Crippen LogP contribution >= 0.6 is 0 Å². The van der Waals surface area contributed by atoms with Gasteiger partial charge in [0.25, 0.3) is 5.91 Å². The summed E-state index contributed by atoms with van der Waals surface area (Å²) in [4.78, 5) is 25.3. The number of rotatable bonds is 5. The fourth-order valence-corrected chi connectivity index (χ4v) is 2.66. The number of fused-ring (bicyclic) bond motifs is 1. The quantitative estimate of drug-likeness (QED) is 0.806. The first-order chi connectivity index (χ1) is 12.8. The summed E-state index contributed by atoms with van der Waals surface area (Å²) in [6, 6.07) is 9.63. The summed E-state index contributed by atoms with van der Waals surface area (Å²) in [5.41, 5.74) is 0.887. The first-order valence-corrected chi connectivity index (χ1v) is 7.83. The summed E-state index contributed by atoms with van der Waals surface area (Å²) < 4.78 is 46.4. The molecule has 1 amide bonds. The number of hydrogen-bond donors (Lipinski definition) is 1. The maximum Gasteiger partial charge on any atom is 0.573 e. The van der Waals surface area contributed by atoms with E-state index >= 15 is 0 Å². The van der Waals surface area contributed by atoms with Gasteiger partial charge in [0.15, 0.2) is 12.4 Å². The molecule has 9 heteroatoms. The fraction of sp³-hybridized carbons (Fsp3) is 0.222. The van der Waals surface area contributed by atoms with E-state index in [2.05, 4.69) is 4.74 Å². The number of anilines is 1. The molecule has 0 fully saturated rings. The van der Waals surface area contributed by atoms with Crippen molar-refractivity contribution >= 4 is 17.4 Å². The van der Waals surface area contributed by atoms with Gasteiger partial charge in [-0.05, 0) is 35.9 Å². The normalized spacial score (nSPS) is 13.8. The van der Waals surface area contributed by atoms with Gasteiger partial charge in [-0.2, -0.15) is 0 Å². The number of hydrogen-bond acceptors (Lipinski definition) is 5. The van der Waals surface area contributed by atoms with Gasteiger partial charge in [-0.3, -0.25) is 9.59 Å². The van der Waals surface area contributed by atoms with Gasteiger partial charge in [-0.25, -0.2) is 0 Å². The highest BCUT2D eigenvalue weighted by atomic mass is 19.4. The van der Waals surface area contributed by atoms with Crippen LogP contribution in [0.15, 0.2) is 42.5 Å². The second kappa shape index (κ2) is 7.28. The molecule has 0 saturated heterocycles. The Morgan fingerprint density at radius 2 is 2.00 bits per heavy atom. The van der Waals surface area contributed by atoms with Gasteiger partial charge >= 0.3 is 6.36 Å². The van der Waals surface area contributed by atoms with Gasteiger partial charge in [0.05, 0.1) is 12.2 Å². The third-order valence-electron chi connectivity index (χ3n) is 3.84. The van der Waals surface area contributed by atoms with Crippen molar-refractivity contribution in [2.24, 2.45) is 0 Å². The summed E-state index contributed by atoms with van der Waals surface area (Å²) in [7, 11) is 0. The zero-order chi connectivity index (χ0) is 19.6. The molecular weight excluding hydrogens is 367 g/mol. The van der Waals surface area contributed by atoms with Crippen molar-refractivity contribution in [2.45, 2.75) is 12.9 Å². The smallest absolute Gasteiger partial charge is 0.482 e. The number of Topliss-reactive ketones (excluding diaryl/α,β-unsaturated/α-hetero) is 1. The zero-order valence-corrected chi connectivity index (χ0v) is 13.8. The molecule has 2 aromatic rings. The Balaban J connectivity index is 1.90. The van der Waals surface area contributed by atoms with Crippen LogP contribution in [0.1, 0.15) is 15.9 Å². The SMILES string of the molecule is O=C(CO)c1ccc2c(c1)N(Cc1cccc(OC(F)(F)F)c1)C(=O)CO2. The van der Waals surface area contributed by atoms with Crippen molar-refractivity contribution < 1.29 is 37.3 Å². The van der Waals surface area contributed by atoms with Crippen LogP contribution in [-0.2, 0) is 11.3 Å². The monoisotopic (exact) mass is 381 g/mol. The van der Waals surface area contributed by atoms with Crippen LogP contribution in [0.4, 0.5) is 18.9 Å². The van der Waals surface area contributed by atoms with Crippen LogP contribution in [-0.4, -0.2) is 36.4 Å². The Hall–Kier alpha value is -3.07. The molecular formula is C18H14F3NO5. The fourth-order valence-electron chi connectivity index (χ4n) is 2.66. The largest absolute Gasteiger partial charge is 0.573 e. The lowest BCUT2D eigenvalue weighted by Gasteiger charge is -2.30. The van der Waals surface area contributed by atoms with E-state index in [-0.39, 0.29) is 18.7 Å². The molecule has 0 spiro atoms. The van der Waals surface area contributed by atoms with Crippen LogP contribution in [0.3, 0.4) is 0 Å². The van der Waals surface area contributed by atoms with E-state index in [9.17, 15) is 22.8 Å². The van der Waals surface area contributed by atoms with Gasteiger partial charge in [0.2, 0.25) is 0 Å². The number of carbonyl (C=O) groups excluding carboxylic acids is 2. The Kier molecular flexibility index (Phi) is 5.04. The van der Waals surface area contributed by atoms with E-state index in [1.54, 1.807) is 6.07 Å². The molecule has 6 nitrogen and oxygen atoms in total. The number of alkyl halides is 3. The van der Waals surface area contributed by atoms with Gasteiger partial charge < -0.3 is 19.5 Å². The molecule has 142 valence electrons. The molecule has 0 radical (unpaired) electrons. The van der Waals surface area contributed by atoms with E-state index in [1.165, 1.54) is 35.2 Å². The summed E-state index contributed by atoms with van der Waals surface area (Å²) in [6.07, 6.45) is -4.82. The number of carbonyl (C=O) groups is 2. The third-order valence-corrected chi connectivity index (χ3v) is 3.84. The minimum Gasteiger partial charge on any atom is -0.482 e. The molecule has 27 heavy (non-hydrogen) atoms. The second-order valence-corrected chi connectivity index (χ2v) is 5.73. The predicted molar refractivity (Wildman–Crippen MR) is 87.7 cm³/mol. The number of halogens is 3. The summed E-state index contributed by atoms with van der Waals surface area (Å²) >= 11 is 0. The van der Waals surface area contributed by atoms with Gasteiger partial charge in [-0.15, -0.1) is 13.2 Å². The standard InChI is InChI=1S/C18H14F3NO5/c19-18(20,21)27-13-3-1-2-11(6-13)8-22-14-7-12(15(24)9-23)4-5-16(14)26-10-17(22)25/h1-7,23H,8-10H2. The highest BCUT2D eigenvalue weighted by molar-refractivity contribution is 6.02. The number of aliphatic hydroxyl groups excluding tert-OH is 1. The molecule has 2 aromatic carbocycles. The maximum atomic E-state index is 12.4. The highest BCUT2D eigenvalue weighted by Crippen LogP contribution is 2.34. The molecule has 1 aliphatic heterocycles. The predicted octanol–water partition coefficient (Wildman–Crippen LogP) is 2.69. The van der Waals surface area contributed by atoms with Crippen molar-refractivity contribution in [2.75, 3.05) is 18.1 Å². The highest BCUT2D eigenvalue weighted by Gasteiger charge is 2.31. The molecule has 0 atom stereocenters. The van der Waals surface area contributed by atoms with Gasteiger partial charge in [0, 0.05) is 5.56 Å². The molecule has 0 unspecified atom stereocenters. The third kappa shape index (κ3) is 4.37. The van der Waals surface area contributed by atoms with E-state index in [1.807, 2.05) is 0 Å². The number of amides is 1. The average molecular weight is 381 g/mol. The lowest BCUT2D eigenvalue weighted by atomic mass is 10.1. The molecule has 3 rings (SSSR count). The van der Waals surface area contributed by atoms with E-state index in [0.717, 1.165) is 6.07 Å². The molecule has 1 aliphatic rings. The Morgan fingerprint density at radius 1 is 1.22 bits per heavy atom. The van der Waals surface area contributed by atoms with Gasteiger partial charge in [0.1, 0.15) is 18.1 Å². The number of nitrogens with zero attached hydrogens (tertiary/aromatic N) is 1. The van der Waals surface area contributed by atoms with Crippen molar-refractivity contribution in [3.8, 4) is 11.5 Å². The lowest BCUT2D eigenvalue weighted by Crippen LogP contribution is -2.38. The zero-order valence-electron chi connectivity index (χ0n) is 13.8. The van der Waals surface area contributed by atoms with E-state index in [0.29, 0.717) is 17.0 Å². The van der Waals surface area contributed by atoms with Crippen molar-refractivity contribution in [3.63, 3.8) is 0 Å². The first-order valence-electron chi connectivity index (χ1n) is 7.83. The topological polar surface area (TPSA) is 76.1 Å². The van der Waals surface area contributed by atoms with Gasteiger partial charge in [-0.1, -0.05) is 12.1 Å². The van der Waals surface area contributed by atoms with Crippen LogP contribution in [0.25, 0.3) is 0 Å². The van der Waals surface area contributed by atoms with Crippen molar-refractivity contribution in [1.82, 2.24) is 0 Å². The molecule has 0 aliphatic carbocycles. The van der Waals surface area contributed by atoms with E-state index < -0.39 is 30.4 Å². The van der Waals surface area contributed by atoms with Crippen LogP contribution in [0.2, 0.25) is 0 Å². The lowest BCUT2D eigenvalue weighted by molar-refractivity contribution is -0.274. The molecule has 1 N–H and O–H groups in total. The first kappa shape index (κ1) is 18.7. The number of ketones is 1. The maximum absolute atomic E-state index is 12.4. The van der Waals surface area contributed by atoms with Crippen molar-refractivity contribution in [1.29, 1.82) is 0 Å². The summed E-state index contributed by atoms with van der Waals surface area (Å²) in [6.45, 7) is -0.968. The minimum absolute atomic E-state index is 0.0407. The number of ether oxygens (including phenoxy) is 2. The molecule has 0 saturated carbocycles. The second-order valence-electron chi connectivity index (χ2n) is 5.73. The Morgan fingerprint density at radius 3 is 2.70 bits per heavy atom. The molecule has 0 aromatic heterocycles. The Labute approximate surface area is 151 Å². The Bertz CT molecular complexity index is 882.